The minimum atomic E-state index is 0.493. The van der Waals surface area contributed by atoms with E-state index in [1.165, 1.54) is 7.11 Å². The Labute approximate surface area is 88.4 Å². The number of nitrogens with zero attached hydrogens (tertiary/aromatic N) is 1. The third-order valence-corrected chi connectivity index (χ3v) is 2.56. The molecule has 2 heterocycles. The van der Waals surface area contributed by atoms with Crippen LogP contribution in [0.2, 0.25) is 0 Å². The van der Waals surface area contributed by atoms with Crippen LogP contribution in [0.15, 0.2) is 16.7 Å². The summed E-state index contributed by atoms with van der Waals surface area (Å²) < 4.78 is 5.62. The number of rotatable bonds is 2. The molecule has 0 aromatic carbocycles. The molecule has 0 spiro atoms. The molecule has 0 aliphatic heterocycles. The SMILES string of the molecule is COc1ccc2[nH]c(Br)c(C=O)c2n1. The number of hydrogen-bond donors (Lipinski definition) is 1. The molecule has 2 rings (SSSR count). The summed E-state index contributed by atoms with van der Waals surface area (Å²) in [6.45, 7) is 0. The van der Waals surface area contributed by atoms with Crippen molar-refractivity contribution in [3.63, 3.8) is 0 Å². The number of fused-ring (bicyclic) bond motifs is 1. The van der Waals surface area contributed by atoms with E-state index in [2.05, 4.69) is 25.9 Å². The first-order valence-corrected chi connectivity index (χ1v) is 4.73. The summed E-state index contributed by atoms with van der Waals surface area (Å²) in [6, 6.07) is 3.55. The number of ether oxygens (including phenoxy) is 1. The second-order valence-corrected chi connectivity index (χ2v) is 3.51. The lowest BCUT2D eigenvalue weighted by molar-refractivity contribution is 0.112. The number of H-pyrrole nitrogens is 1. The molecular formula is C9H7BrN2O2. The third-order valence-electron chi connectivity index (χ3n) is 1.93. The molecule has 1 N–H and O–H groups in total. The fourth-order valence-corrected chi connectivity index (χ4v) is 1.75. The van der Waals surface area contributed by atoms with E-state index in [0.717, 1.165) is 11.8 Å². The molecule has 0 saturated carbocycles. The summed E-state index contributed by atoms with van der Waals surface area (Å²) in [5, 5.41) is 0. The molecule has 0 radical (unpaired) electrons. The topological polar surface area (TPSA) is 55.0 Å². The number of methoxy groups -OCH3 is 1. The van der Waals surface area contributed by atoms with E-state index in [4.69, 9.17) is 4.74 Å². The predicted molar refractivity (Wildman–Crippen MR) is 55.7 cm³/mol. The van der Waals surface area contributed by atoms with Gasteiger partial charge in [0.25, 0.3) is 0 Å². The van der Waals surface area contributed by atoms with Gasteiger partial charge in [0, 0.05) is 6.07 Å². The molecule has 0 amide bonds. The molecule has 2 aromatic rings. The summed E-state index contributed by atoms with van der Waals surface area (Å²) in [6.07, 6.45) is 0.759. The zero-order valence-electron chi connectivity index (χ0n) is 7.37. The Morgan fingerprint density at radius 2 is 2.36 bits per heavy atom. The zero-order chi connectivity index (χ0) is 10.1. The second kappa shape index (κ2) is 3.42. The Morgan fingerprint density at radius 3 is 3.00 bits per heavy atom. The lowest BCUT2D eigenvalue weighted by atomic mass is 10.3. The van der Waals surface area contributed by atoms with E-state index in [-0.39, 0.29) is 0 Å². The van der Waals surface area contributed by atoms with Gasteiger partial charge in [0.1, 0.15) is 5.52 Å². The number of aromatic amines is 1. The number of hydrogen-bond acceptors (Lipinski definition) is 3. The lowest BCUT2D eigenvalue weighted by Gasteiger charge is -1.97. The molecule has 72 valence electrons. The van der Waals surface area contributed by atoms with Crippen LogP contribution in [0.3, 0.4) is 0 Å². The number of pyridine rings is 1. The number of nitrogens with one attached hydrogen (secondary N) is 1. The average Bonchev–Trinajstić information content (AvgIpc) is 2.52. The van der Waals surface area contributed by atoms with Crippen molar-refractivity contribution in [3.05, 3.63) is 22.3 Å². The molecule has 14 heavy (non-hydrogen) atoms. The Morgan fingerprint density at radius 1 is 1.57 bits per heavy atom. The monoisotopic (exact) mass is 254 g/mol. The van der Waals surface area contributed by atoms with Crippen LogP contribution in [0.5, 0.6) is 5.88 Å². The summed E-state index contributed by atoms with van der Waals surface area (Å²) in [5.41, 5.74) is 1.94. The van der Waals surface area contributed by atoms with E-state index >= 15 is 0 Å². The Hall–Kier alpha value is -1.36. The summed E-state index contributed by atoms with van der Waals surface area (Å²) in [5.74, 6) is 0.493. The molecule has 0 fully saturated rings. The molecular weight excluding hydrogens is 248 g/mol. The first-order chi connectivity index (χ1) is 6.76. The van der Waals surface area contributed by atoms with Crippen LogP contribution in [0.1, 0.15) is 10.4 Å². The second-order valence-electron chi connectivity index (χ2n) is 2.72. The van der Waals surface area contributed by atoms with Gasteiger partial charge in [-0.2, -0.15) is 0 Å². The Bertz CT molecular complexity index is 493. The molecule has 5 heteroatoms. The van der Waals surface area contributed by atoms with E-state index in [1.807, 2.05) is 6.07 Å². The molecule has 4 nitrogen and oxygen atoms in total. The van der Waals surface area contributed by atoms with Gasteiger partial charge in [0.2, 0.25) is 5.88 Å². The largest absolute Gasteiger partial charge is 0.481 e. The summed E-state index contributed by atoms with van der Waals surface area (Å²) in [4.78, 5) is 17.9. The van der Waals surface area contributed by atoms with Gasteiger partial charge in [-0.05, 0) is 22.0 Å². The normalized spacial score (nSPS) is 10.4. The average molecular weight is 255 g/mol. The van der Waals surface area contributed by atoms with Crippen molar-refractivity contribution in [2.45, 2.75) is 0 Å². The minimum Gasteiger partial charge on any atom is -0.481 e. The Kier molecular flexibility index (Phi) is 2.25. The van der Waals surface area contributed by atoms with Crippen molar-refractivity contribution in [1.82, 2.24) is 9.97 Å². The quantitative estimate of drug-likeness (QED) is 0.836. The van der Waals surface area contributed by atoms with E-state index in [9.17, 15) is 4.79 Å². The highest BCUT2D eigenvalue weighted by molar-refractivity contribution is 9.10. The van der Waals surface area contributed by atoms with Crippen molar-refractivity contribution >= 4 is 33.2 Å². The number of halogens is 1. The standard InChI is InChI=1S/C9H7BrN2O2/c1-14-7-3-2-6-8(12-7)5(4-13)9(10)11-6/h2-4,11H,1H3. The molecule has 0 unspecified atom stereocenters. The molecule has 2 aromatic heterocycles. The van der Waals surface area contributed by atoms with E-state index < -0.39 is 0 Å². The maximum atomic E-state index is 10.8. The highest BCUT2D eigenvalue weighted by Crippen LogP contribution is 2.25. The van der Waals surface area contributed by atoms with Crippen LogP contribution in [-0.2, 0) is 0 Å². The first-order valence-electron chi connectivity index (χ1n) is 3.93. The van der Waals surface area contributed by atoms with Gasteiger partial charge >= 0.3 is 0 Å². The van der Waals surface area contributed by atoms with Crippen LogP contribution in [0.25, 0.3) is 11.0 Å². The molecule has 0 aliphatic carbocycles. The third kappa shape index (κ3) is 1.29. The Balaban J connectivity index is 2.77. The summed E-state index contributed by atoms with van der Waals surface area (Å²) in [7, 11) is 1.54. The van der Waals surface area contributed by atoms with Gasteiger partial charge in [-0.1, -0.05) is 0 Å². The highest BCUT2D eigenvalue weighted by atomic mass is 79.9. The van der Waals surface area contributed by atoms with Gasteiger partial charge in [0.15, 0.2) is 6.29 Å². The van der Waals surface area contributed by atoms with Crippen LogP contribution < -0.4 is 4.74 Å². The van der Waals surface area contributed by atoms with Crippen LogP contribution in [0, 0.1) is 0 Å². The smallest absolute Gasteiger partial charge is 0.213 e. The van der Waals surface area contributed by atoms with E-state index in [0.29, 0.717) is 21.6 Å². The van der Waals surface area contributed by atoms with Crippen LogP contribution in [0.4, 0.5) is 0 Å². The van der Waals surface area contributed by atoms with Gasteiger partial charge < -0.3 is 9.72 Å². The summed E-state index contributed by atoms with van der Waals surface area (Å²) >= 11 is 3.25. The molecule has 0 bridgehead atoms. The highest BCUT2D eigenvalue weighted by Gasteiger charge is 2.10. The molecule has 0 atom stereocenters. The van der Waals surface area contributed by atoms with Gasteiger partial charge in [-0.3, -0.25) is 4.79 Å². The van der Waals surface area contributed by atoms with Crippen molar-refractivity contribution in [2.75, 3.05) is 7.11 Å². The van der Waals surface area contributed by atoms with Gasteiger partial charge in [0.05, 0.1) is 22.8 Å². The van der Waals surface area contributed by atoms with Crippen molar-refractivity contribution < 1.29 is 9.53 Å². The van der Waals surface area contributed by atoms with Crippen molar-refractivity contribution in [1.29, 1.82) is 0 Å². The molecule has 0 saturated heterocycles. The minimum absolute atomic E-state index is 0.493. The van der Waals surface area contributed by atoms with Crippen molar-refractivity contribution in [2.24, 2.45) is 0 Å². The molecule has 0 aliphatic rings. The number of aromatic nitrogens is 2. The number of aldehydes is 1. The zero-order valence-corrected chi connectivity index (χ0v) is 8.96. The maximum absolute atomic E-state index is 10.8. The van der Waals surface area contributed by atoms with Crippen LogP contribution in [-0.4, -0.2) is 23.4 Å². The van der Waals surface area contributed by atoms with Crippen LogP contribution >= 0.6 is 15.9 Å². The number of carbonyl (C=O) groups excluding carboxylic acids is 1. The van der Waals surface area contributed by atoms with Gasteiger partial charge in [-0.15, -0.1) is 0 Å². The maximum Gasteiger partial charge on any atom is 0.213 e. The fraction of sp³-hybridized carbons (Fsp3) is 0.111. The van der Waals surface area contributed by atoms with E-state index in [1.54, 1.807) is 6.07 Å². The number of carbonyl (C=O) groups is 1. The van der Waals surface area contributed by atoms with Crippen molar-refractivity contribution in [3.8, 4) is 5.88 Å². The predicted octanol–water partition coefficient (Wildman–Crippen LogP) is 2.15. The van der Waals surface area contributed by atoms with Gasteiger partial charge in [-0.25, -0.2) is 4.98 Å². The first kappa shape index (κ1) is 9.21. The fourth-order valence-electron chi connectivity index (χ4n) is 1.26. The lowest BCUT2D eigenvalue weighted by Crippen LogP contribution is -1.88.